The van der Waals surface area contributed by atoms with Crippen molar-refractivity contribution in [1.29, 1.82) is 0 Å². The van der Waals surface area contributed by atoms with Crippen molar-refractivity contribution in [1.82, 2.24) is 5.32 Å². The van der Waals surface area contributed by atoms with Gasteiger partial charge in [0.05, 0.1) is 12.6 Å². The summed E-state index contributed by atoms with van der Waals surface area (Å²) >= 11 is 0. The van der Waals surface area contributed by atoms with E-state index in [1.54, 1.807) is 19.1 Å². The third-order valence-corrected chi connectivity index (χ3v) is 2.05. The maximum absolute atomic E-state index is 13.0. The van der Waals surface area contributed by atoms with Gasteiger partial charge in [0.2, 0.25) is 0 Å². The lowest BCUT2D eigenvalue weighted by Crippen LogP contribution is -2.33. The third kappa shape index (κ3) is 3.51. The summed E-state index contributed by atoms with van der Waals surface area (Å²) in [4.78, 5) is 11.2. The number of amides is 1. The number of rotatable bonds is 4. The number of carbonyl (C=O) groups excluding carboxylic acids is 1. The zero-order valence-corrected chi connectivity index (χ0v) is 9.07. The molecule has 1 aromatic carbocycles. The Kier molecular flexibility index (Phi) is 4.72. The summed E-state index contributed by atoms with van der Waals surface area (Å²) in [5.41, 5.74) is 6.13. The fourth-order valence-electron chi connectivity index (χ4n) is 1.32. The Labute approximate surface area is 93.6 Å². The SMILES string of the molecule is CCOC(=O)NC(CN)c1cccc(F)c1. The number of benzene rings is 1. The molecule has 1 aromatic rings. The molecular weight excluding hydrogens is 211 g/mol. The van der Waals surface area contributed by atoms with E-state index in [1.165, 1.54) is 12.1 Å². The molecule has 0 radical (unpaired) electrons. The number of halogens is 1. The van der Waals surface area contributed by atoms with Gasteiger partial charge in [0.25, 0.3) is 0 Å². The Morgan fingerprint density at radius 1 is 1.62 bits per heavy atom. The van der Waals surface area contributed by atoms with Gasteiger partial charge in [-0.1, -0.05) is 12.1 Å². The van der Waals surface area contributed by atoms with Crippen LogP contribution in [0.4, 0.5) is 9.18 Å². The first-order valence-electron chi connectivity index (χ1n) is 5.06. The molecule has 0 saturated carbocycles. The molecule has 0 aromatic heterocycles. The van der Waals surface area contributed by atoms with Gasteiger partial charge >= 0.3 is 6.09 Å². The fourth-order valence-corrected chi connectivity index (χ4v) is 1.32. The van der Waals surface area contributed by atoms with Gasteiger partial charge in [-0.05, 0) is 24.6 Å². The molecule has 1 amide bonds. The molecule has 0 spiro atoms. The zero-order valence-electron chi connectivity index (χ0n) is 9.07. The summed E-state index contributed by atoms with van der Waals surface area (Å²) in [6.45, 7) is 2.17. The summed E-state index contributed by atoms with van der Waals surface area (Å²) in [6, 6.07) is 5.51. The molecule has 88 valence electrons. The van der Waals surface area contributed by atoms with Gasteiger partial charge in [0.15, 0.2) is 0 Å². The van der Waals surface area contributed by atoms with E-state index in [2.05, 4.69) is 5.32 Å². The number of ether oxygens (including phenoxy) is 1. The zero-order chi connectivity index (χ0) is 12.0. The van der Waals surface area contributed by atoms with Crippen LogP contribution in [0.2, 0.25) is 0 Å². The number of hydrogen-bond acceptors (Lipinski definition) is 3. The highest BCUT2D eigenvalue weighted by Crippen LogP contribution is 2.13. The topological polar surface area (TPSA) is 64.3 Å². The highest BCUT2D eigenvalue weighted by Gasteiger charge is 2.13. The molecule has 0 fully saturated rings. The van der Waals surface area contributed by atoms with Crippen LogP contribution in [0.15, 0.2) is 24.3 Å². The van der Waals surface area contributed by atoms with E-state index in [-0.39, 0.29) is 19.0 Å². The quantitative estimate of drug-likeness (QED) is 0.819. The molecule has 16 heavy (non-hydrogen) atoms. The summed E-state index contributed by atoms with van der Waals surface area (Å²) in [5.74, 6) is -0.360. The van der Waals surface area contributed by atoms with Gasteiger partial charge < -0.3 is 15.8 Å². The normalized spacial score (nSPS) is 11.9. The van der Waals surface area contributed by atoms with Crippen LogP contribution in [-0.2, 0) is 4.74 Å². The van der Waals surface area contributed by atoms with Gasteiger partial charge in [0, 0.05) is 6.54 Å². The van der Waals surface area contributed by atoms with Crippen LogP contribution in [0, 0.1) is 5.82 Å². The fraction of sp³-hybridized carbons (Fsp3) is 0.364. The molecule has 0 saturated heterocycles. The van der Waals surface area contributed by atoms with Crippen molar-refractivity contribution in [3.05, 3.63) is 35.6 Å². The van der Waals surface area contributed by atoms with E-state index in [9.17, 15) is 9.18 Å². The lowest BCUT2D eigenvalue weighted by molar-refractivity contribution is 0.148. The summed E-state index contributed by atoms with van der Waals surface area (Å²) in [6.07, 6.45) is -0.554. The maximum atomic E-state index is 13.0. The van der Waals surface area contributed by atoms with Gasteiger partial charge in [-0.15, -0.1) is 0 Å². The number of nitrogens with one attached hydrogen (secondary N) is 1. The van der Waals surface area contributed by atoms with Crippen molar-refractivity contribution in [3.8, 4) is 0 Å². The number of hydrogen-bond donors (Lipinski definition) is 2. The minimum absolute atomic E-state index is 0.183. The van der Waals surface area contributed by atoms with Crippen LogP contribution >= 0.6 is 0 Å². The Bertz CT molecular complexity index is 358. The number of carbonyl (C=O) groups is 1. The van der Waals surface area contributed by atoms with E-state index in [1.807, 2.05) is 0 Å². The second kappa shape index (κ2) is 6.07. The Balaban J connectivity index is 2.70. The highest BCUT2D eigenvalue weighted by atomic mass is 19.1. The first kappa shape index (κ1) is 12.4. The van der Waals surface area contributed by atoms with Crippen molar-refractivity contribution in [2.24, 2.45) is 5.73 Å². The van der Waals surface area contributed by atoms with E-state index in [0.717, 1.165) is 0 Å². The van der Waals surface area contributed by atoms with E-state index < -0.39 is 12.1 Å². The van der Waals surface area contributed by atoms with Crippen LogP contribution in [0.3, 0.4) is 0 Å². The molecule has 1 atom stereocenters. The van der Waals surface area contributed by atoms with Crippen LogP contribution in [0.5, 0.6) is 0 Å². The van der Waals surface area contributed by atoms with Gasteiger partial charge in [-0.25, -0.2) is 9.18 Å². The van der Waals surface area contributed by atoms with Crippen molar-refractivity contribution in [2.45, 2.75) is 13.0 Å². The summed E-state index contributed by atoms with van der Waals surface area (Å²) < 4.78 is 17.7. The predicted octanol–water partition coefficient (Wildman–Crippen LogP) is 1.57. The van der Waals surface area contributed by atoms with Gasteiger partial charge in [-0.3, -0.25) is 0 Å². The van der Waals surface area contributed by atoms with E-state index in [0.29, 0.717) is 5.56 Å². The molecule has 0 aliphatic heterocycles. The molecule has 3 N–H and O–H groups in total. The molecular formula is C11H15FN2O2. The monoisotopic (exact) mass is 226 g/mol. The van der Waals surface area contributed by atoms with Crippen LogP contribution in [0.1, 0.15) is 18.5 Å². The lowest BCUT2D eigenvalue weighted by atomic mass is 10.1. The molecule has 5 heteroatoms. The summed E-state index contributed by atoms with van der Waals surface area (Å²) in [7, 11) is 0. The second-order valence-electron chi connectivity index (χ2n) is 3.21. The van der Waals surface area contributed by atoms with Crippen molar-refractivity contribution < 1.29 is 13.9 Å². The molecule has 1 rings (SSSR count). The average Bonchev–Trinajstić information content (AvgIpc) is 2.26. The van der Waals surface area contributed by atoms with Crippen molar-refractivity contribution in [3.63, 3.8) is 0 Å². The predicted molar refractivity (Wildman–Crippen MR) is 58.4 cm³/mol. The smallest absolute Gasteiger partial charge is 0.407 e. The highest BCUT2D eigenvalue weighted by molar-refractivity contribution is 5.67. The van der Waals surface area contributed by atoms with E-state index >= 15 is 0 Å². The molecule has 0 aliphatic rings. The van der Waals surface area contributed by atoms with Crippen molar-refractivity contribution >= 4 is 6.09 Å². The average molecular weight is 226 g/mol. The summed E-state index contributed by atoms with van der Waals surface area (Å²) in [5, 5.41) is 2.56. The molecule has 0 heterocycles. The first-order valence-corrected chi connectivity index (χ1v) is 5.06. The number of nitrogens with two attached hydrogens (primary N) is 1. The van der Waals surface area contributed by atoms with Crippen LogP contribution in [-0.4, -0.2) is 19.2 Å². The number of alkyl carbamates (subject to hydrolysis) is 1. The van der Waals surface area contributed by atoms with Gasteiger partial charge in [-0.2, -0.15) is 0 Å². The van der Waals surface area contributed by atoms with Crippen LogP contribution in [0.25, 0.3) is 0 Å². The molecule has 1 unspecified atom stereocenters. The molecule has 0 bridgehead atoms. The lowest BCUT2D eigenvalue weighted by Gasteiger charge is -2.16. The largest absolute Gasteiger partial charge is 0.450 e. The van der Waals surface area contributed by atoms with E-state index in [4.69, 9.17) is 10.5 Å². The Morgan fingerprint density at radius 2 is 2.38 bits per heavy atom. The molecule has 0 aliphatic carbocycles. The standard InChI is InChI=1S/C11H15FN2O2/c1-2-16-11(15)14-10(7-13)8-4-3-5-9(12)6-8/h3-6,10H,2,7,13H2,1H3,(H,14,15). The third-order valence-electron chi connectivity index (χ3n) is 2.05. The maximum Gasteiger partial charge on any atom is 0.407 e. The minimum atomic E-state index is -0.554. The van der Waals surface area contributed by atoms with Gasteiger partial charge in [0.1, 0.15) is 5.82 Å². The second-order valence-corrected chi connectivity index (χ2v) is 3.21. The van der Waals surface area contributed by atoms with Crippen molar-refractivity contribution in [2.75, 3.05) is 13.2 Å². The Morgan fingerprint density at radius 3 is 2.94 bits per heavy atom. The first-order chi connectivity index (χ1) is 7.67. The van der Waals surface area contributed by atoms with Crippen LogP contribution < -0.4 is 11.1 Å². The Hall–Kier alpha value is -1.62. The minimum Gasteiger partial charge on any atom is -0.450 e. The molecule has 4 nitrogen and oxygen atoms in total.